The summed E-state index contributed by atoms with van der Waals surface area (Å²) in [5.74, 6) is 0.694. The van der Waals surface area contributed by atoms with Gasteiger partial charge in [-0.2, -0.15) is 0 Å². The summed E-state index contributed by atoms with van der Waals surface area (Å²) in [7, 11) is 0. The number of carbonyl (C=O) groups excluding carboxylic acids is 2. The van der Waals surface area contributed by atoms with E-state index in [1.165, 1.54) is 37.7 Å². The second kappa shape index (κ2) is 7.25. The molecule has 0 saturated carbocycles. The highest BCUT2D eigenvalue weighted by atomic mass is 32.2. The van der Waals surface area contributed by atoms with Gasteiger partial charge in [0.2, 0.25) is 0 Å². The van der Waals surface area contributed by atoms with E-state index in [2.05, 4.69) is 15.2 Å². The van der Waals surface area contributed by atoms with E-state index in [-0.39, 0.29) is 23.5 Å². The predicted molar refractivity (Wildman–Crippen MR) is 97.5 cm³/mol. The Kier molecular flexibility index (Phi) is 4.82. The van der Waals surface area contributed by atoms with Crippen LogP contribution < -0.4 is 5.32 Å². The number of piperidine rings is 3. The highest BCUT2D eigenvalue weighted by Crippen LogP contribution is 2.29. The van der Waals surface area contributed by atoms with Crippen molar-refractivity contribution in [2.75, 3.05) is 19.6 Å². The van der Waals surface area contributed by atoms with Crippen LogP contribution in [0.15, 0.2) is 45.0 Å². The first kappa shape index (κ1) is 17.3. The fourth-order valence-corrected chi connectivity index (χ4v) is 4.33. The third kappa shape index (κ3) is 3.68. The highest BCUT2D eigenvalue weighted by Gasteiger charge is 2.34. The molecule has 136 valence electrons. The lowest BCUT2D eigenvalue weighted by molar-refractivity contribution is 0.0620. The topological polar surface area (TPSA) is 75.4 Å². The minimum atomic E-state index is -0.149. The largest absolute Gasteiger partial charge is 0.428 e. The maximum atomic E-state index is 12.5. The van der Waals surface area contributed by atoms with E-state index in [1.807, 2.05) is 24.3 Å². The van der Waals surface area contributed by atoms with Gasteiger partial charge in [-0.3, -0.25) is 9.59 Å². The average molecular weight is 371 g/mol. The molecule has 5 rings (SSSR count). The van der Waals surface area contributed by atoms with Crippen LogP contribution in [0, 0.1) is 5.92 Å². The number of hydrogen-bond donors (Lipinski definition) is 1. The fraction of sp³-hybridized carbons (Fsp3) is 0.421. The minimum Gasteiger partial charge on any atom is -0.428 e. The molecule has 1 aromatic heterocycles. The van der Waals surface area contributed by atoms with Crippen LogP contribution in [0.5, 0.6) is 0 Å². The van der Waals surface area contributed by atoms with Crippen molar-refractivity contribution in [2.24, 2.45) is 5.92 Å². The van der Waals surface area contributed by atoms with Crippen molar-refractivity contribution >= 4 is 23.5 Å². The van der Waals surface area contributed by atoms with Crippen molar-refractivity contribution in [2.45, 2.75) is 35.9 Å². The molecule has 1 N–H and O–H groups in total. The zero-order valence-electron chi connectivity index (χ0n) is 14.6. The maximum Gasteiger partial charge on any atom is 0.261 e. The molecule has 2 bridgehead atoms. The Morgan fingerprint density at radius 2 is 1.96 bits per heavy atom. The average Bonchev–Trinajstić information content (AvgIpc) is 3.12. The molecule has 26 heavy (non-hydrogen) atoms. The Labute approximate surface area is 156 Å². The molecule has 0 unspecified atom stereocenters. The third-order valence-electron chi connectivity index (χ3n) is 5.13. The summed E-state index contributed by atoms with van der Waals surface area (Å²) in [6, 6.07) is 7.62. The summed E-state index contributed by atoms with van der Waals surface area (Å²) >= 11 is 1.32. The quantitative estimate of drug-likeness (QED) is 0.815. The van der Waals surface area contributed by atoms with E-state index in [9.17, 15) is 9.59 Å². The number of carbonyl (C=O) groups is 2. The van der Waals surface area contributed by atoms with Gasteiger partial charge in [0, 0.05) is 30.0 Å². The molecule has 3 aliphatic rings. The molecule has 3 aliphatic heterocycles. The summed E-state index contributed by atoms with van der Waals surface area (Å²) in [4.78, 5) is 31.2. The maximum absolute atomic E-state index is 12.5. The van der Waals surface area contributed by atoms with Crippen LogP contribution in [-0.4, -0.2) is 47.3 Å². The van der Waals surface area contributed by atoms with Gasteiger partial charge in [0.05, 0.1) is 6.20 Å². The first-order chi connectivity index (χ1) is 12.6. The number of rotatable bonds is 5. The first-order valence-corrected chi connectivity index (χ1v) is 9.68. The number of ketones is 1. The van der Waals surface area contributed by atoms with Gasteiger partial charge in [-0.05, 0) is 67.9 Å². The van der Waals surface area contributed by atoms with Gasteiger partial charge in [-0.25, -0.2) is 4.98 Å². The van der Waals surface area contributed by atoms with Crippen LogP contribution in [0.3, 0.4) is 0 Å². The first-order valence-electron chi connectivity index (χ1n) is 8.86. The molecular formula is C19H21N3O3S. The van der Waals surface area contributed by atoms with E-state index in [1.54, 1.807) is 0 Å². The van der Waals surface area contributed by atoms with Gasteiger partial charge in [0.25, 0.3) is 11.1 Å². The molecule has 1 amide bonds. The van der Waals surface area contributed by atoms with E-state index in [0.29, 0.717) is 16.7 Å². The summed E-state index contributed by atoms with van der Waals surface area (Å²) in [5, 5.41) is 3.61. The fourth-order valence-electron chi connectivity index (χ4n) is 3.62. The molecule has 0 radical (unpaired) electrons. The van der Waals surface area contributed by atoms with Crippen LogP contribution in [0.1, 0.15) is 40.7 Å². The molecule has 0 spiro atoms. The van der Waals surface area contributed by atoms with Crippen LogP contribution in [0.25, 0.3) is 0 Å². The SMILES string of the molecule is CC(=O)c1cnc(Sc2ccc(C(=O)N[C@H]3CN4CCC3CC4)cc2)o1. The van der Waals surface area contributed by atoms with E-state index in [0.717, 1.165) is 24.5 Å². The Bertz CT molecular complexity index is 810. The van der Waals surface area contributed by atoms with Crippen molar-refractivity contribution < 1.29 is 14.0 Å². The standard InChI is InChI=1S/C19H21N3O3S/c1-12(23)17-10-20-19(25-17)26-15-4-2-14(3-5-15)18(24)21-16-11-22-8-6-13(16)7-9-22/h2-5,10,13,16H,6-9,11H2,1H3,(H,21,24)/t16-/m0/s1. The van der Waals surface area contributed by atoms with Crippen LogP contribution in [0.4, 0.5) is 0 Å². The van der Waals surface area contributed by atoms with Gasteiger partial charge < -0.3 is 14.6 Å². The second-order valence-corrected chi connectivity index (χ2v) is 7.92. The van der Waals surface area contributed by atoms with E-state index < -0.39 is 0 Å². The number of amides is 1. The number of fused-ring (bicyclic) bond motifs is 3. The number of nitrogens with zero attached hydrogens (tertiary/aromatic N) is 2. The van der Waals surface area contributed by atoms with Crippen LogP contribution in [-0.2, 0) is 0 Å². The number of hydrogen-bond acceptors (Lipinski definition) is 6. The smallest absolute Gasteiger partial charge is 0.261 e. The number of benzene rings is 1. The molecule has 1 aromatic carbocycles. The number of Topliss-reactive ketones (excluding diaryl/α,β-unsaturated/α-hetero) is 1. The molecule has 1 atom stereocenters. The Morgan fingerprint density at radius 1 is 1.23 bits per heavy atom. The summed E-state index contributed by atoms with van der Waals surface area (Å²) in [5.41, 5.74) is 0.655. The van der Waals surface area contributed by atoms with Gasteiger partial charge >= 0.3 is 0 Å². The van der Waals surface area contributed by atoms with Crippen molar-refractivity contribution in [1.29, 1.82) is 0 Å². The normalized spacial score (nSPS) is 24.4. The van der Waals surface area contributed by atoms with Crippen molar-refractivity contribution in [3.8, 4) is 0 Å². The van der Waals surface area contributed by atoms with Crippen molar-refractivity contribution in [1.82, 2.24) is 15.2 Å². The molecule has 3 saturated heterocycles. The molecule has 3 fully saturated rings. The zero-order chi connectivity index (χ0) is 18.1. The van der Waals surface area contributed by atoms with Crippen LogP contribution >= 0.6 is 11.8 Å². The molecule has 6 nitrogen and oxygen atoms in total. The Hall–Kier alpha value is -2.12. The molecule has 2 aromatic rings. The minimum absolute atomic E-state index is 0.0183. The second-order valence-electron chi connectivity index (χ2n) is 6.89. The summed E-state index contributed by atoms with van der Waals surface area (Å²) < 4.78 is 5.37. The Morgan fingerprint density at radius 3 is 2.54 bits per heavy atom. The molecule has 7 heteroatoms. The van der Waals surface area contributed by atoms with Crippen molar-refractivity contribution in [3.05, 3.63) is 41.8 Å². The van der Waals surface area contributed by atoms with Crippen LogP contribution in [0.2, 0.25) is 0 Å². The van der Waals surface area contributed by atoms with E-state index >= 15 is 0 Å². The van der Waals surface area contributed by atoms with Gasteiger partial charge in [-0.1, -0.05) is 0 Å². The monoisotopic (exact) mass is 371 g/mol. The summed E-state index contributed by atoms with van der Waals surface area (Å²) in [6.07, 6.45) is 3.79. The lowest BCUT2D eigenvalue weighted by Crippen LogP contribution is -2.57. The number of nitrogens with one attached hydrogen (secondary N) is 1. The molecule has 0 aliphatic carbocycles. The highest BCUT2D eigenvalue weighted by molar-refractivity contribution is 7.99. The predicted octanol–water partition coefficient (Wildman–Crippen LogP) is 2.85. The van der Waals surface area contributed by atoms with E-state index in [4.69, 9.17) is 4.42 Å². The zero-order valence-corrected chi connectivity index (χ0v) is 15.4. The lowest BCUT2D eigenvalue weighted by Gasteiger charge is -2.44. The summed E-state index contributed by atoms with van der Waals surface area (Å²) in [6.45, 7) is 4.73. The molecule has 4 heterocycles. The van der Waals surface area contributed by atoms with Gasteiger partial charge in [0.1, 0.15) is 0 Å². The third-order valence-corrected chi connectivity index (χ3v) is 6.00. The molecular weight excluding hydrogens is 350 g/mol. The number of oxazole rings is 1. The van der Waals surface area contributed by atoms with Gasteiger partial charge in [0.15, 0.2) is 11.5 Å². The number of aromatic nitrogens is 1. The van der Waals surface area contributed by atoms with Gasteiger partial charge in [-0.15, -0.1) is 0 Å². The van der Waals surface area contributed by atoms with Crippen molar-refractivity contribution in [3.63, 3.8) is 0 Å². The Balaban J connectivity index is 1.37. The lowest BCUT2D eigenvalue weighted by atomic mass is 9.84.